The lowest BCUT2D eigenvalue weighted by molar-refractivity contribution is -0.189. The van der Waals surface area contributed by atoms with Crippen LogP contribution in [0.3, 0.4) is 0 Å². The number of carbonyl (C=O) groups excluding carboxylic acids is 2. The average molecular weight is 332 g/mol. The molecule has 0 aromatic carbocycles. The molecule has 0 N–H and O–H groups in total. The van der Waals surface area contributed by atoms with Crippen LogP contribution >= 0.6 is 0 Å². The summed E-state index contributed by atoms with van der Waals surface area (Å²) in [7, 11) is 0. The molecule has 3 fully saturated rings. The Morgan fingerprint density at radius 3 is 1.96 bits per heavy atom. The number of hydrogen-bond donors (Lipinski definition) is 0. The van der Waals surface area contributed by atoms with Gasteiger partial charge in [0.25, 0.3) is 0 Å². The zero-order chi connectivity index (χ0) is 16.6. The summed E-state index contributed by atoms with van der Waals surface area (Å²) >= 11 is 0. The highest BCUT2D eigenvalue weighted by atomic mass is 19.4. The molecule has 0 spiro atoms. The van der Waals surface area contributed by atoms with E-state index in [0.717, 1.165) is 19.3 Å². The third-order valence-electron chi connectivity index (χ3n) is 5.20. The van der Waals surface area contributed by atoms with Crippen molar-refractivity contribution in [3.05, 3.63) is 0 Å². The van der Waals surface area contributed by atoms with E-state index >= 15 is 0 Å². The molecular weight excluding hydrogens is 309 g/mol. The fourth-order valence-electron chi connectivity index (χ4n) is 3.67. The molecule has 130 valence electrons. The molecule has 2 heterocycles. The van der Waals surface area contributed by atoms with Gasteiger partial charge in [-0.05, 0) is 38.5 Å². The van der Waals surface area contributed by atoms with Gasteiger partial charge in [-0.1, -0.05) is 0 Å². The number of halogens is 3. The standard InChI is InChI=1S/C16H23F3N2O2/c17-16(18,19)13-4-2-8-21(10-13)15(23)12-3-1-7-20(9-12)14(22)11-5-6-11/h11-13H,1-10H2/t12-,13-/m1/s1. The Morgan fingerprint density at radius 1 is 0.783 bits per heavy atom. The molecule has 1 saturated carbocycles. The predicted molar refractivity (Wildman–Crippen MR) is 77.4 cm³/mol. The van der Waals surface area contributed by atoms with E-state index in [1.165, 1.54) is 4.90 Å². The first-order valence-electron chi connectivity index (χ1n) is 8.50. The number of hydrogen-bond acceptors (Lipinski definition) is 2. The van der Waals surface area contributed by atoms with E-state index in [4.69, 9.17) is 0 Å². The van der Waals surface area contributed by atoms with Gasteiger partial charge >= 0.3 is 6.18 Å². The van der Waals surface area contributed by atoms with Crippen molar-refractivity contribution in [1.82, 2.24) is 9.80 Å². The van der Waals surface area contributed by atoms with E-state index in [1.54, 1.807) is 4.90 Å². The monoisotopic (exact) mass is 332 g/mol. The van der Waals surface area contributed by atoms with Crippen LogP contribution in [0.4, 0.5) is 13.2 Å². The van der Waals surface area contributed by atoms with Crippen LogP contribution in [-0.4, -0.2) is 54.0 Å². The highest BCUT2D eigenvalue weighted by molar-refractivity contribution is 5.83. The maximum absolute atomic E-state index is 12.9. The number of rotatable bonds is 2. The molecule has 2 saturated heterocycles. The molecular formula is C16H23F3N2O2. The van der Waals surface area contributed by atoms with Gasteiger partial charge in [0.2, 0.25) is 11.8 Å². The zero-order valence-electron chi connectivity index (χ0n) is 13.1. The summed E-state index contributed by atoms with van der Waals surface area (Å²) in [6.45, 7) is 1.22. The van der Waals surface area contributed by atoms with Gasteiger partial charge in [-0.2, -0.15) is 13.2 Å². The molecule has 0 bridgehead atoms. The summed E-state index contributed by atoms with van der Waals surface area (Å²) < 4.78 is 38.7. The molecule has 0 aromatic heterocycles. The quantitative estimate of drug-likeness (QED) is 0.779. The summed E-state index contributed by atoms with van der Waals surface area (Å²) in [6.07, 6.45) is -0.469. The summed E-state index contributed by atoms with van der Waals surface area (Å²) in [4.78, 5) is 27.9. The zero-order valence-corrected chi connectivity index (χ0v) is 13.1. The first kappa shape index (κ1) is 16.6. The topological polar surface area (TPSA) is 40.6 Å². The second-order valence-corrected chi connectivity index (χ2v) is 7.06. The second-order valence-electron chi connectivity index (χ2n) is 7.06. The Balaban J connectivity index is 1.59. The summed E-state index contributed by atoms with van der Waals surface area (Å²) in [5.41, 5.74) is 0. The van der Waals surface area contributed by atoms with Crippen LogP contribution in [0.15, 0.2) is 0 Å². The molecule has 2 amide bonds. The van der Waals surface area contributed by atoms with Gasteiger partial charge in [0.1, 0.15) is 0 Å². The molecule has 23 heavy (non-hydrogen) atoms. The van der Waals surface area contributed by atoms with E-state index in [2.05, 4.69) is 0 Å². The van der Waals surface area contributed by atoms with E-state index < -0.39 is 12.1 Å². The molecule has 1 aliphatic carbocycles. The summed E-state index contributed by atoms with van der Waals surface area (Å²) in [6, 6.07) is 0. The van der Waals surface area contributed by atoms with Crippen molar-refractivity contribution in [2.45, 2.75) is 44.7 Å². The van der Waals surface area contributed by atoms with Crippen molar-refractivity contribution in [3.63, 3.8) is 0 Å². The van der Waals surface area contributed by atoms with Crippen molar-refractivity contribution in [3.8, 4) is 0 Å². The van der Waals surface area contributed by atoms with E-state index in [-0.39, 0.29) is 36.6 Å². The molecule has 3 aliphatic rings. The van der Waals surface area contributed by atoms with Gasteiger partial charge in [0.05, 0.1) is 11.8 Å². The lowest BCUT2D eigenvalue weighted by Crippen LogP contribution is -2.51. The van der Waals surface area contributed by atoms with Crippen molar-refractivity contribution in [2.75, 3.05) is 26.2 Å². The summed E-state index contributed by atoms with van der Waals surface area (Å²) in [5, 5.41) is 0. The lowest BCUT2D eigenvalue weighted by atomic mass is 9.92. The molecule has 4 nitrogen and oxygen atoms in total. The number of amides is 2. The van der Waals surface area contributed by atoms with Gasteiger partial charge in [-0.3, -0.25) is 9.59 Å². The first-order chi connectivity index (χ1) is 10.9. The SMILES string of the molecule is O=C(C1CC1)N1CCC[C@@H](C(=O)N2CCC[C@@H](C(F)(F)F)C2)C1. The minimum absolute atomic E-state index is 0.101. The molecule has 3 rings (SSSR count). The molecule has 2 atom stereocenters. The Kier molecular flexibility index (Phi) is 4.56. The van der Waals surface area contributed by atoms with E-state index in [0.29, 0.717) is 32.5 Å². The van der Waals surface area contributed by atoms with Gasteiger partial charge in [-0.25, -0.2) is 0 Å². The number of carbonyl (C=O) groups is 2. The average Bonchev–Trinajstić information content (AvgIpc) is 3.38. The van der Waals surface area contributed by atoms with E-state index in [1.807, 2.05) is 0 Å². The van der Waals surface area contributed by atoms with E-state index in [9.17, 15) is 22.8 Å². The normalized spacial score (nSPS) is 29.5. The minimum atomic E-state index is -4.24. The third kappa shape index (κ3) is 3.80. The van der Waals surface area contributed by atoms with Crippen molar-refractivity contribution >= 4 is 11.8 Å². The number of nitrogens with zero attached hydrogens (tertiary/aromatic N) is 2. The fraction of sp³-hybridized carbons (Fsp3) is 0.875. The number of alkyl halides is 3. The van der Waals surface area contributed by atoms with Crippen molar-refractivity contribution < 1.29 is 22.8 Å². The minimum Gasteiger partial charge on any atom is -0.342 e. The van der Waals surface area contributed by atoms with Gasteiger partial charge in [0, 0.05) is 32.1 Å². The van der Waals surface area contributed by atoms with Crippen LogP contribution in [0.5, 0.6) is 0 Å². The Bertz CT molecular complexity index is 476. The fourth-order valence-corrected chi connectivity index (χ4v) is 3.67. The maximum atomic E-state index is 12.9. The Morgan fingerprint density at radius 2 is 1.35 bits per heavy atom. The van der Waals surface area contributed by atoms with Crippen molar-refractivity contribution in [2.24, 2.45) is 17.8 Å². The number of likely N-dealkylation sites (tertiary alicyclic amines) is 2. The van der Waals surface area contributed by atoms with Crippen LogP contribution in [0, 0.1) is 17.8 Å². The van der Waals surface area contributed by atoms with Crippen LogP contribution in [0.25, 0.3) is 0 Å². The predicted octanol–water partition coefficient (Wildman–Crippen LogP) is 2.44. The van der Waals surface area contributed by atoms with Crippen LogP contribution in [0.2, 0.25) is 0 Å². The molecule has 0 radical (unpaired) electrons. The molecule has 0 aromatic rings. The first-order valence-corrected chi connectivity index (χ1v) is 8.50. The molecule has 2 aliphatic heterocycles. The van der Waals surface area contributed by atoms with Gasteiger partial charge < -0.3 is 9.80 Å². The van der Waals surface area contributed by atoms with Crippen LogP contribution < -0.4 is 0 Å². The Hall–Kier alpha value is -1.27. The molecule has 0 unspecified atom stereocenters. The third-order valence-corrected chi connectivity index (χ3v) is 5.20. The number of piperidine rings is 2. The highest BCUT2D eigenvalue weighted by Gasteiger charge is 2.44. The van der Waals surface area contributed by atoms with Gasteiger partial charge in [0.15, 0.2) is 0 Å². The molecule has 7 heteroatoms. The van der Waals surface area contributed by atoms with Gasteiger partial charge in [-0.15, -0.1) is 0 Å². The van der Waals surface area contributed by atoms with Crippen LogP contribution in [-0.2, 0) is 9.59 Å². The van der Waals surface area contributed by atoms with Crippen LogP contribution in [0.1, 0.15) is 38.5 Å². The smallest absolute Gasteiger partial charge is 0.342 e. The second kappa shape index (κ2) is 6.32. The largest absolute Gasteiger partial charge is 0.393 e. The highest BCUT2D eigenvalue weighted by Crippen LogP contribution is 2.35. The lowest BCUT2D eigenvalue weighted by Gasteiger charge is -2.38. The van der Waals surface area contributed by atoms with Crippen molar-refractivity contribution in [1.29, 1.82) is 0 Å². The Labute approximate surface area is 134 Å². The maximum Gasteiger partial charge on any atom is 0.393 e. The summed E-state index contributed by atoms with van der Waals surface area (Å²) in [5.74, 6) is -1.71.